The van der Waals surface area contributed by atoms with Crippen LogP contribution in [0.5, 0.6) is 5.75 Å². The lowest BCUT2D eigenvalue weighted by Gasteiger charge is -2.29. The second kappa shape index (κ2) is 6.41. The number of carbonyl (C=O) groups is 3. The Balaban J connectivity index is 1.77. The van der Waals surface area contributed by atoms with Crippen LogP contribution in [0, 0.1) is 0 Å². The summed E-state index contributed by atoms with van der Waals surface area (Å²) in [5.74, 6) is -1.61. The Hall–Kier alpha value is -3.35. The number of esters is 1. The van der Waals surface area contributed by atoms with Gasteiger partial charge >= 0.3 is 11.9 Å². The average molecular weight is 326 g/mol. The molecule has 1 aliphatic rings. The van der Waals surface area contributed by atoms with E-state index < -0.39 is 17.8 Å². The van der Waals surface area contributed by atoms with E-state index in [9.17, 15) is 14.4 Å². The topological polar surface area (TPSA) is 95.9 Å². The van der Waals surface area contributed by atoms with Crippen LogP contribution >= 0.6 is 0 Å². The van der Waals surface area contributed by atoms with Gasteiger partial charge in [-0.2, -0.15) is 0 Å². The third-order valence-electron chi connectivity index (χ3n) is 3.52. The van der Waals surface area contributed by atoms with Crippen molar-refractivity contribution in [1.82, 2.24) is 0 Å². The zero-order valence-corrected chi connectivity index (χ0v) is 12.6. The first-order valence-electron chi connectivity index (χ1n) is 7.21. The summed E-state index contributed by atoms with van der Waals surface area (Å²) in [6.45, 7) is -0.148. The summed E-state index contributed by atoms with van der Waals surface area (Å²) >= 11 is 0. The molecule has 0 fully saturated rings. The predicted molar refractivity (Wildman–Crippen MR) is 86.3 cm³/mol. The number of anilines is 2. The molecule has 1 aliphatic heterocycles. The number of carboxylic acids is 1. The molecule has 0 saturated heterocycles. The number of hydrogen-bond acceptors (Lipinski definition) is 5. The number of carboxylic acid groups (broad SMARTS) is 1. The Morgan fingerprint density at radius 3 is 2.62 bits per heavy atom. The summed E-state index contributed by atoms with van der Waals surface area (Å²) in [5.41, 5.74) is 0.853. The minimum absolute atomic E-state index is 0.00399. The van der Waals surface area contributed by atoms with Gasteiger partial charge < -0.3 is 20.1 Å². The lowest BCUT2D eigenvalue weighted by molar-refractivity contribution is -0.133. The molecule has 0 atom stereocenters. The van der Waals surface area contributed by atoms with Crippen LogP contribution in [0.2, 0.25) is 0 Å². The Bertz CT molecular complexity index is 818. The molecule has 0 bridgehead atoms. The molecule has 122 valence electrons. The molecule has 0 unspecified atom stereocenters. The Morgan fingerprint density at radius 1 is 1.12 bits per heavy atom. The molecule has 7 nitrogen and oxygen atoms in total. The molecule has 0 aromatic heterocycles. The SMILES string of the molecule is O=C(CN1CC(=O)Oc2ccccc21)Nc1ccccc1C(=O)O. The number of fused-ring (bicyclic) bond motifs is 1. The van der Waals surface area contributed by atoms with Crippen LogP contribution in [0.25, 0.3) is 0 Å². The minimum atomic E-state index is -1.13. The molecule has 7 heteroatoms. The van der Waals surface area contributed by atoms with Crippen LogP contribution in [0.3, 0.4) is 0 Å². The summed E-state index contributed by atoms with van der Waals surface area (Å²) in [5, 5.41) is 11.7. The van der Waals surface area contributed by atoms with Crippen LogP contribution in [-0.4, -0.2) is 36.0 Å². The number of amides is 1. The van der Waals surface area contributed by atoms with E-state index in [4.69, 9.17) is 9.84 Å². The van der Waals surface area contributed by atoms with Gasteiger partial charge in [0.25, 0.3) is 0 Å². The Morgan fingerprint density at radius 2 is 1.83 bits per heavy atom. The van der Waals surface area contributed by atoms with Gasteiger partial charge in [-0.1, -0.05) is 24.3 Å². The van der Waals surface area contributed by atoms with Gasteiger partial charge in [-0.05, 0) is 24.3 Å². The largest absolute Gasteiger partial charge is 0.478 e. The lowest BCUT2D eigenvalue weighted by atomic mass is 10.2. The molecule has 2 aromatic rings. The lowest BCUT2D eigenvalue weighted by Crippen LogP contribution is -2.41. The van der Waals surface area contributed by atoms with Crippen LogP contribution in [0.15, 0.2) is 48.5 Å². The van der Waals surface area contributed by atoms with Crippen molar-refractivity contribution in [2.24, 2.45) is 0 Å². The molecule has 1 heterocycles. The first-order valence-corrected chi connectivity index (χ1v) is 7.21. The van der Waals surface area contributed by atoms with Gasteiger partial charge in [0.15, 0.2) is 5.75 Å². The van der Waals surface area contributed by atoms with Gasteiger partial charge in [-0.15, -0.1) is 0 Å². The van der Waals surface area contributed by atoms with E-state index in [1.807, 2.05) is 0 Å². The highest BCUT2D eigenvalue weighted by atomic mass is 16.5. The quantitative estimate of drug-likeness (QED) is 0.656. The molecular formula is C17H14N2O5. The number of nitrogens with one attached hydrogen (secondary N) is 1. The first-order chi connectivity index (χ1) is 11.5. The highest BCUT2D eigenvalue weighted by Crippen LogP contribution is 2.31. The van der Waals surface area contributed by atoms with Crippen molar-refractivity contribution >= 4 is 29.2 Å². The predicted octanol–water partition coefficient (Wildman–Crippen LogP) is 1.75. The van der Waals surface area contributed by atoms with Crippen LogP contribution in [-0.2, 0) is 9.59 Å². The molecule has 1 amide bonds. The maximum absolute atomic E-state index is 12.3. The number of aromatic carboxylic acids is 1. The Kier molecular flexibility index (Phi) is 4.15. The second-order valence-corrected chi connectivity index (χ2v) is 5.20. The van der Waals surface area contributed by atoms with Crippen LogP contribution in [0.4, 0.5) is 11.4 Å². The van der Waals surface area contributed by atoms with Crippen molar-refractivity contribution in [2.75, 3.05) is 23.3 Å². The third-order valence-corrected chi connectivity index (χ3v) is 3.52. The maximum Gasteiger partial charge on any atom is 0.337 e. The molecule has 3 rings (SSSR count). The zero-order valence-electron chi connectivity index (χ0n) is 12.6. The monoisotopic (exact) mass is 326 g/mol. The Labute approximate surface area is 137 Å². The molecule has 2 N–H and O–H groups in total. The molecule has 2 aromatic carbocycles. The van der Waals surface area contributed by atoms with E-state index in [-0.39, 0.29) is 24.3 Å². The summed E-state index contributed by atoms with van der Waals surface area (Å²) < 4.78 is 5.12. The normalized spacial score (nSPS) is 13.0. The highest BCUT2D eigenvalue weighted by molar-refractivity contribution is 6.02. The van der Waals surface area contributed by atoms with E-state index in [0.717, 1.165) is 0 Å². The third kappa shape index (κ3) is 3.19. The summed E-state index contributed by atoms with van der Waals surface area (Å²) in [7, 11) is 0. The number of rotatable bonds is 4. The van der Waals surface area contributed by atoms with E-state index in [0.29, 0.717) is 11.4 Å². The van der Waals surface area contributed by atoms with Gasteiger partial charge in [0, 0.05) is 0 Å². The number of carbonyl (C=O) groups excluding carboxylic acids is 2. The zero-order chi connectivity index (χ0) is 17.1. The van der Waals surface area contributed by atoms with Gasteiger partial charge in [-0.25, -0.2) is 9.59 Å². The van der Waals surface area contributed by atoms with Crippen molar-refractivity contribution in [3.63, 3.8) is 0 Å². The maximum atomic E-state index is 12.3. The first kappa shape index (κ1) is 15.5. The van der Waals surface area contributed by atoms with Crippen LogP contribution < -0.4 is 15.0 Å². The fraction of sp³-hybridized carbons (Fsp3) is 0.118. The number of hydrogen-bond donors (Lipinski definition) is 2. The second-order valence-electron chi connectivity index (χ2n) is 5.20. The molecule has 24 heavy (non-hydrogen) atoms. The standard InChI is InChI=1S/C17H14N2O5/c20-15(18-12-6-2-1-5-11(12)17(22)23)9-19-10-16(21)24-14-8-4-3-7-13(14)19/h1-8H,9-10H2,(H,18,20)(H,22,23). The summed E-state index contributed by atoms with van der Waals surface area (Å²) in [6.07, 6.45) is 0. The molecule has 0 saturated carbocycles. The van der Waals surface area contributed by atoms with E-state index in [1.165, 1.54) is 12.1 Å². The highest BCUT2D eigenvalue weighted by Gasteiger charge is 2.25. The van der Waals surface area contributed by atoms with Crippen molar-refractivity contribution in [2.45, 2.75) is 0 Å². The van der Waals surface area contributed by atoms with Crippen molar-refractivity contribution in [3.05, 3.63) is 54.1 Å². The number of nitrogens with zero attached hydrogens (tertiary/aromatic N) is 1. The van der Waals surface area contributed by atoms with Gasteiger partial charge in [0.1, 0.15) is 6.54 Å². The van der Waals surface area contributed by atoms with Gasteiger partial charge in [0.05, 0.1) is 23.5 Å². The fourth-order valence-corrected chi connectivity index (χ4v) is 2.48. The van der Waals surface area contributed by atoms with Crippen LogP contribution in [0.1, 0.15) is 10.4 Å². The van der Waals surface area contributed by atoms with Crippen molar-refractivity contribution in [1.29, 1.82) is 0 Å². The molecular weight excluding hydrogens is 312 g/mol. The molecule has 0 spiro atoms. The summed E-state index contributed by atoms with van der Waals surface area (Å²) in [6, 6.07) is 13.1. The fourth-order valence-electron chi connectivity index (χ4n) is 2.48. The average Bonchev–Trinajstić information content (AvgIpc) is 2.55. The van der Waals surface area contributed by atoms with E-state index >= 15 is 0 Å². The van der Waals surface area contributed by atoms with E-state index in [1.54, 1.807) is 41.3 Å². The van der Waals surface area contributed by atoms with Gasteiger partial charge in [-0.3, -0.25) is 4.79 Å². The number of ether oxygens (including phenoxy) is 1. The smallest absolute Gasteiger partial charge is 0.337 e. The van der Waals surface area contributed by atoms with Crippen molar-refractivity contribution in [3.8, 4) is 5.75 Å². The summed E-state index contributed by atoms with van der Waals surface area (Å²) in [4.78, 5) is 36.7. The molecule has 0 radical (unpaired) electrons. The van der Waals surface area contributed by atoms with Crippen molar-refractivity contribution < 1.29 is 24.2 Å². The molecule has 0 aliphatic carbocycles. The number of para-hydroxylation sites is 3. The van der Waals surface area contributed by atoms with E-state index in [2.05, 4.69) is 5.32 Å². The number of benzene rings is 2. The van der Waals surface area contributed by atoms with Gasteiger partial charge in [0.2, 0.25) is 5.91 Å². The minimum Gasteiger partial charge on any atom is -0.478 e.